The predicted molar refractivity (Wildman–Crippen MR) is 218 cm³/mol. The zero-order chi connectivity index (χ0) is 36.6. The van der Waals surface area contributed by atoms with Crippen molar-refractivity contribution in [3.05, 3.63) is 185 Å². The van der Waals surface area contributed by atoms with Crippen molar-refractivity contribution in [2.75, 3.05) is 0 Å². The van der Waals surface area contributed by atoms with E-state index in [9.17, 15) is 5.26 Å². The van der Waals surface area contributed by atoms with Crippen LogP contribution in [0.25, 0.3) is 45.3 Å². The monoisotopic (exact) mass is 708 g/mol. The van der Waals surface area contributed by atoms with E-state index < -0.39 is 5.41 Å². The largest absolute Gasteiger partial charge is 0.208 e. The van der Waals surface area contributed by atoms with Crippen molar-refractivity contribution in [2.24, 2.45) is 17.8 Å². The van der Waals surface area contributed by atoms with Crippen LogP contribution in [0.2, 0.25) is 0 Å². The first-order valence-corrected chi connectivity index (χ1v) is 19.8. The Balaban J connectivity index is 1.13. The summed E-state index contributed by atoms with van der Waals surface area (Å²) < 4.78 is 0. The summed E-state index contributed by atoms with van der Waals surface area (Å²) in [5.41, 5.74) is 11.4. The van der Waals surface area contributed by atoms with Gasteiger partial charge in [-0.1, -0.05) is 140 Å². The molecule has 4 saturated carbocycles. The third kappa shape index (κ3) is 4.99. The van der Waals surface area contributed by atoms with Crippen molar-refractivity contribution in [3.8, 4) is 51.4 Å². The summed E-state index contributed by atoms with van der Waals surface area (Å²) in [6.07, 6.45) is 8.35. The van der Waals surface area contributed by atoms with Crippen molar-refractivity contribution < 1.29 is 0 Å². The Kier molecular flexibility index (Phi) is 7.29. The number of nitrogens with zero attached hydrogens (tertiary/aromatic N) is 4. The Labute approximate surface area is 322 Å². The quantitative estimate of drug-likeness (QED) is 0.172. The van der Waals surface area contributed by atoms with Gasteiger partial charge in [-0.3, -0.25) is 0 Å². The first-order valence-electron chi connectivity index (χ1n) is 19.8. The molecule has 55 heavy (non-hydrogen) atoms. The highest BCUT2D eigenvalue weighted by Gasteiger charge is 2.52. The SMILES string of the molecule is N#Cc1ccc2c(c1)-c1cccc(-c3nc(-c4ccccc4)nc(-c4ccc(C56C[C@H]7C[C@H](C5)C[C@@H](C6)C7)cc4)n3)c1C2(c1ccccc1)c1ccccc1. The molecule has 7 aromatic rings. The van der Waals surface area contributed by atoms with Crippen LogP contribution in [0.3, 0.4) is 0 Å². The molecule has 0 unspecified atom stereocenters. The second-order valence-corrected chi connectivity index (χ2v) is 16.5. The number of nitriles is 1. The lowest BCUT2D eigenvalue weighted by atomic mass is 9.48. The summed E-state index contributed by atoms with van der Waals surface area (Å²) in [4.78, 5) is 15.8. The molecule has 4 fully saturated rings. The summed E-state index contributed by atoms with van der Waals surface area (Å²) in [5, 5.41) is 10.1. The van der Waals surface area contributed by atoms with Crippen molar-refractivity contribution in [1.82, 2.24) is 15.0 Å². The molecule has 0 aliphatic heterocycles. The molecule has 0 spiro atoms. The fraction of sp³-hybridized carbons (Fsp3) is 0.216. The molecule has 5 aliphatic carbocycles. The molecule has 0 saturated heterocycles. The van der Waals surface area contributed by atoms with E-state index in [1.54, 1.807) is 0 Å². The van der Waals surface area contributed by atoms with Gasteiger partial charge >= 0.3 is 0 Å². The molecule has 12 rings (SSSR count). The van der Waals surface area contributed by atoms with Crippen LogP contribution in [-0.2, 0) is 10.8 Å². The maximum Gasteiger partial charge on any atom is 0.164 e. The lowest BCUT2D eigenvalue weighted by Crippen LogP contribution is -2.48. The van der Waals surface area contributed by atoms with E-state index in [4.69, 9.17) is 15.0 Å². The number of benzene rings is 6. The number of rotatable bonds is 6. The predicted octanol–water partition coefficient (Wildman–Crippen LogP) is 11.6. The van der Waals surface area contributed by atoms with Gasteiger partial charge in [-0.2, -0.15) is 5.26 Å². The van der Waals surface area contributed by atoms with Gasteiger partial charge in [0, 0.05) is 16.7 Å². The maximum atomic E-state index is 10.1. The summed E-state index contributed by atoms with van der Waals surface area (Å²) in [5.74, 6) is 4.65. The smallest absolute Gasteiger partial charge is 0.164 e. The molecule has 6 aromatic carbocycles. The minimum absolute atomic E-state index is 0.329. The van der Waals surface area contributed by atoms with Crippen LogP contribution < -0.4 is 0 Å². The second kappa shape index (κ2) is 12.4. The average Bonchev–Trinajstić information content (AvgIpc) is 3.54. The summed E-state index contributed by atoms with van der Waals surface area (Å²) in [6.45, 7) is 0. The minimum atomic E-state index is -0.684. The van der Waals surface area contributed by atoms with Gasteiger partial charge in [0.1, 0.15) is 0 Å². The zero-order valence-electron chi connectivity index (χ0n) is 30.7. The molecular formula is C51H40N4. The molecule has 5 aliphatic rings. The molecule has 4 heteroatoms. The van der Waals surface area contributed by atoms with Crippen LogP contribution in [0.1, 0.15) is 71.9 Å². The van der Waals surface area contributed by atoms with E-state index in [0.29, 0.717) is 28.5 Å². The highest BCUT2D eigenvalue weighted by Crippen LogP contribution is 2.61. The summed E-state index contributed by atoms with van der Waals surface area (Å²) >= 11 is 0. The van der Waals surface area contributed by atoms with E-state index >= 15 is 0 Å². The highest BCUT2D eigenvalue weighted by molar-refractivity contribution is 5.92. The molecule has 4 bridgehead atoms. The van der Waals surface area contributed by atoms with Crippen LogP contribution in [-0.4, -0.2) is 15.0 Å². The molecule has 0 radical (unpaired) electrons. The lowest BCUT2D eigenvalue weighted by molar-refractivity contribution is -0.00518. The molecule has 1 heterocycles. The number of aromatic nitrogens is 3. The normalized spacial score (nSPS) is 22.5. The third-order valence-electron chi connectivity index (χ3n) is 13.4. The molecule has 264 valence electrons. The standard InChI is InChI=1S/C51H40N4/c52-32-33-19-24-45-44(28-33)42-17-10-18-43(46(42)51(45,40-13-6-2-7-14-40)41-15-8-3-9-16-41)49-54-47(37-11-4-1-5-12-37)53-48(55-49)38-20-22-39(23-21-38)50-29-34-25-35(30-50)27-36(26-34)31-50/h1-24,28,34-36H,25-27,29-31H2/t34-,35-,36-,50?. The fourth-order valence-electron chi connectivity index (χ4n) is 11.6. The van der Waals surface area contributed by atoms with Gasteiger partial charge in [0.2, 0.25) is 0 Å². The molecule has 0 N–H and O–H groups in total. The number of hydrogen-bond acceptors (Lipinski definition) is 4. The highest BCUT2D eigenvalue weighted by atomic mass is 15.0. The van der Waals surface area contributed by atoms with Crippen LogP contribution >= 0.6 is 0 Å². The van der Waals surface area contributed by atoms with Crippen molar-refractivity contribution in [3.63, 3.8) is 0 Å². The first-order chi connectivity index (χ1) is 27.1. The Bertz CT molecular complexity index is 2550. The topological polar surface area (TPSA) is 62.5 Å². The van der Waals surface area contributed by atoms with Gasteiger partial charge in [0.05, 0.1) is 17.0 Å². The van der Waals surface area contributed by atoms with Gasteiger partial charge in [-0.15, -0.1) is 0 Å². The van der Waals surface area contributed by atoms with Gasteiger partial charge < -0.3 is 0 Å². The Hall–Kier alpha value is -6.18. The number of hydrogen-bond donors (Lipinski definition) is 0. The van der Waals surface area contributed by atoms with E-state index in [1.807, 2.05) is 30.3 Å². The lowest BCUT2D eigenvalue weighted by Gasteiger charge is -2.57. The maximum absolute atomic E-state index is 10.1. The second-order valence-electron chi connectivity index (χ2n) is 16.5. The van der Waals surface area contributed by atoms with Gasteiger partial charge in [-0.05, 0) is 113 Å². The van der Waals surface area contributed by atoms with Crippen LogP contribution in [0.15, 0.2) is 152 Å². The van der Waals surface area contributed by atoms with E-state index in [0.717, 1.165) is 67.8 Å². The molecule has 0 amide bonds. The van der Waals surface area contributed by atoms with E-state index in [-0.39, 0.29) is 0 Å². The van der Waals surface area contributed by atoms with E-state index in [2.05, 4.69) is 127 Å². The van der Waals surface area contributed by atoms with Gasteiger partial charge in [-0.25, -0.2) is 15.0 Å². The van der Waals surface area contributed by atoms with E-state index in [1.165, 1.54) is 44.1 Å². The minimum Gasteiger partial charge on any atom is -0.208 e. The van der Waals surface area contributed by atoms with Crippen molar-refractivity contribution in [1.29, 1.82) is 5.26 Å². The van der Waals surface area contributed by atoms with Gasteiger partial charge in [0.25, 0.3) is 0 Å². The van der Waals surface area contributed by atoms with Crippen LogP contribution in [0, 0.1) is 29.1 Å². The molecule has 1 aromatic heterocycles. The summed E-state index contributed by atoms with van der Waals surface area (Å²) in [6, 6.07) is 56.1. The molecule has 4 nitrogen and oxygen atoms in total. The fourth-order valence-corrected chi connectivity index (χ4v) is 11.6. The van der Waals surface area contributed by atoms with Gasteiger partial charge in [0.15, 0.2) is 17.5 Å². The first kappa shape index (κ1) is 32.3. The zero-order valence-corrected chi connectivity index (χ0v) is 30.7. The van der Waals surface area contributed by atoms with Crippen LogP contribution in [0.4, 0.5) is 0 Å². The third-order valence-corrected chi connectivity index (χ3v) is 13.4. The van der Waals surface area contributed by atoms with Crippen molar-refractivity contribution >= 4 is 0 Å². The number of fused-ring (bicyclic) bond motifs is 3. The molecule has 0 atom stereocenters. The Morgan fingerprint density at radius 1 is 0.473 bits per heavy atom. The Morgan fingerprint density at radius 2 is 1.00 bits per heavy atom. The average molecular weight is 709 g/mol. The Morgan fingerprint density at radius 3 is 1.58 bits per heavy atom. The van der Waals surface area contributed by atoms with Crippen LogP contribution in [0.5, 0.6) is 0 Å². The summed E-state index contributed by atoms with van der Waals surface area (Å²) in [7, 11) is 0. The molecular weight excluding hydrogens is 669 g/mol. The van der Waals surface area contributed by atoms with Crippen molar-refractivity contribution in [2.45, 2.75) is 49.4 Å².